The molecule has 0 fully saturated rings. The third-order valence-corrected chi connectivity index (χ3v) is 3.70. The smallest absolute Gasteiger partial charge is 0.0661 e. The minimum absolute atomic E-state index is 0.115. The maximum absolute atomic E-state index is 5.85. The van der Waals surface area contributed by atoms with Crippen LogP contribution in [0.1, 0.15) is 44.4 Å². The van der Waals surface area contributed by atoms with E-state index in [1.165, 1.54) is 11.1 Å². The average molecular weight is 279 g/mol. The molecule has 3 heteroatoms. The van der Waals surface area contributed by atoms with Gasteiger partial charge in [-0.3, -0.25) is 0 Å². The number of hydrogen-bond acceptors (Lipinski definition) is 3. The standard InChI is InChI=1S/C17H29NO2/c1-6-18-16(15-10-8-7-9-14(15)2)13-20-12-11-17(3,4)19-5/h7-10,16,18H,6,11-13H2,1-5H3. The highest BCUT2D eigenvalue weighted by Gasteiger charge is 2.17. The van der Waals surface area contributed by atoms with Gasteiger partial charge in [0.1, 0.15) is 0 Å². The molecule has 1 atom stereocenters. The second kappa shape index (κ2) is 8.40. The van der Waals surface area contributed by atoms with E-state index >= 15 is 0 Å². The molecule has 0 heterocycles. The van der Waals surface area contributed by atoms with Crippen LogP contribution in [0.4, 0.5) is 0 Å². The lowest BCUT2D eigenvalue weighted by Crippen LogP contribution is -2.28. The van der Waals surface area contributed by atoms with Crippen LogP contribution in [0.3, 0.4) is 0 Å². The largest absolute Gasteiger partial charge is 0.379 e. The number of benzene rings is 1. The van der Waals surface area contributed by atoms with Crippen LogP contribution < -0.4 is 5.32 Å². The summed E-state index contributed by atoms with van der Waals surface area (Å²) in [5.41, 5.74) is 2.51. The fourth-order valence-corrected chi connectivity index (χ4v) is 2.10. The molecule has 0 aliphatic heterocycles. The van der Waals surface area contributed by atoms with Gasteiger partial charge in [0.2, 0.25) is 0 Å². The Kier molecular flexibility index (Phi) is 7.20. The summed E-state index contributed by atoms with van der Waals surface area (Å²) in [4.78, 5) is 0. The second-order valence-electron chi connectivity index (χ2n) is 5.76. The molecule has 0 aromatic heterocycles. The summed E-state index contributed by atoms with van der Waals surface area (Å²) in [5.74, 6) is 0. The lowest BCUT2D eigenvalue weighted by atomic mass is 10.0. The van der Waals surface area contributed by atoms with E-state index in [2.05, 4.69) is 57.3 Å². The van der Waals surface area contributed by atoms with Crippen LogP contribution in [-0.4, -0.2) is 32.5 Å². The third kappa shape index (κ3) is 5.61. The Morgan fingerprint density at radius 3 is 2.55 bits per heavy atom. The summed E-state index contributed by atoms with van der Waals surface area (Å²) < 4.78 is 11.3. The molecule has 114 valence electrons. The second-order valence-corrected chi connectivity index (χ2v) is 5.76. The van der Waals surface area contributed by atoms with Crippen molar-refractivity contribution >= 4 is 0 Å². The van der Waals surface area contributed by atoms with Gasteiger partial charge >= 0.3 is 0 Å². The van der Waals surface area contributed by atoms with Crippen molar-refractivity contribution in [1.29, 1.82) is 0 Å². The van der Waals surface area contributed by atoms with Gasteiger partial charge in [-0.25, -0.2) is 0 Å². The predicted octanol–water partition coefficient (Wildman–Crippen LogP) is 3.48. The summed E-state index contributed by atoms with van der Waals surface area (Å²) in [5, 5.41) is 3.50. The van der Waals surface area contributed by atoms with Crippen LogP contribution in [0.25, 0.3) is 0 Å². The summed E-state index contributed by atoms with van der Waals surface area (Å²) in [6, 6.07) is 8.73. The lowest BCUT2D eigenvalue weighted by Gasteiger charge is -2.24. The number of methoxy groups -OCH3 is 1. The molecule has 1 aromatic rings. The zero-order chi connectivity index (χ0) is 15.0. The summed E-state index contributed by atoms with van der Waals surface area (Å²) >= 11 is 0. The molecule has 0 amide bonds. The first kappa shape index (κ1) is 17.2. The Labute approximate surface area is 123 Å². The van der Waals surface area contributed by atoms with Gasteiger partial charge in [0.25, 0.3) is 0 Å². The van der Waals surface area contributed by atoms with Gasteiger partial charge in [0.05, 0.1) is 18.2 Å². The quantitative estimate of drug-likeness (QED) is 0.702. The fraction of sp³-hybridized carbons (Fsp3) is 0.647. The number of rotatable bonds is 9. The van der Waals surface area contributed by atoms with Crippen LogP contribution in [-0.2, 0) is 9.47 Å². The first-order chi connectivity index (χ1) is 9.50. The van der Waals surface area contributed by atoms with E-state index in [4.69, 9.17) is 9.47 Å². The van der Waals surface area contributed by atoms with E-state index in [0.29, 0.717) is 13.2 Å². The number of ether oxygens (including phenoxy) is 2. The van der Waals surface area contributed by atoms with Crippen LogP contribution in [0.2, 0.25) is 0 Å². The molecular formula is C17H29NO2. The summed E-state index contributed by atoms with van der Waals surface area (Å²) in [7, 11) is 1.74. The highest BCUT2D eigenvalue weighted by atomic mass is 16.5. The van der Waals surface area contributed by atoms with Crippen LogP contribution in [0.15, 0.2) is 24.3 Å². The minimum Gasteiger partial charge on any atom is -0.379 e. The maximum atomic E-state index is 5.85. The number of hydrogen-bond donors (Lipinski definition) is 1. The number of aryl methyl sites for hydroxylation is 1. The summed E-state index contributed by atoms with van der Waals surface area (Å²) in [6.45, 7) is 10.8. The molecule has 3 nitrogen and oxygen atoms in total. The SMILES string of the molecule is CCNC(COCCC(C)(C)OC)c1ccccc1C. The van der Waals surface area contributed by atoms with Crippen molar-refractivity contribution in [3.8, 4) is 0 Å². The molecular weight excluding hydrogens is 250 g/mol. The Balaban J connectivity index is 2.50. The zero-order valence-corrected chi connectivity index (χ0v) is 13.5. The average Bonchev–Trinajstić information content (AvgIpc) is 2.43. The molecule has 0 aliphatic carbocycles. The molecule has 20 heavy (non-hydrogen) atoms. The normalized spacial score (nSPS) is 13.4. The topological polar surface area (TPSA) is 30.5 Å². The van der Waals surface area contributed by atoms with E-state index in [9.17, 15) is 0 Å². The fourth-order valence-electron chi connectivity index (χ4n) is 2.10. The van der Waals surface area contributed by atoms with Gasteiger partial charge in [-0.05, 0) is 44.9 Å². The minimum atomic E-state index is -0.115. The van der Waals surface area contributed by atoms with E-state index in [-0.39, 0.29) is 11.6 Å². The van der Waals surface area contributed by atoms with Crippen molar-refractivity contribution in [2.75, 3.05) is 26.9 Å². The lowest BCUT2D eigenvalue weighted by molar-refractivity contribution is -0.0124. The van der Waals surface area contributed by atoms with Gasteiger partial charge in [-0.2, -0.15) is 0 Å². The monoisotopic (exact) mass is 279 g/mol. The number of likely N-dealkylation sites (N-methyl/N-ethyl adjacent to an activating group) is 1. The van der Waals surface area contributed by atoms with E-state index < -0.39 is 0 Å². The van der Waals surface area contributed by atoms with Crippen LogP contribution in [0, 0.1) is 6.92 Å². The van der Waals surface area contributed by atoms with E-state index in [1.807, 2.05) is 0 Å². The van der Waals surface area contributed by atoms with Crippen molar-refractivity contribution in [3.63, 3.8) is 0 Å². The Hall–Kier alpha value is -0.900. The molecule has 0 bridgehead atoms. The molecule has 1 unspecified atom stereocenters. The molecule has 0 spiro atoms. The Bertz CT molecular complexity index is 390. The molecule has 0 aliphatic rings. The number of nitrogens with one attached hydrogen (secondary N) is 1. The van der Waals surface area contributed by atoms with Crippen LogP contribution >= 0.6 is 0 Å². The van der Waals surface area contributed by atoms with Crippen LogP contribution in [0.5, 0.6) is 0 Å². The van der Waals surface area contributed by atoms with Gasteiger partial charge in [-0.15, -0.1) is 0 Å². The maximum Gasteiger partial charge on any atom is 0.0661 e. The first-order valence-corrected chi connectivity index (χ1v) is 7.42. The predicted molar refractivity (Wildman–Crippen MR) is 84.1 cm³/mol. The molecule has 0 radical (unpaired) electrons. The highest BCUT2D eigenvalue weighted by molar-refractivity contribution is 5.28. The Morgan fingerprint density at radius 2 is 1.95 bits per heavy atom. The van der Waals surface area contributed by atoms with Crippen molar-refractivity contribution < 1.29 is 9.47 Å². The van der Waals surface area contributed by atoms with E-state index in [0.717, 1.165) is 13.0 Å². The van der Waals surface area contributed by atoms with Gasteiger partial charge < -0.3 is 14.8 Å². The Morgan fingerprint density at radius 1 is 1.25 bits per heavy atom. The summed E-state index contributed by atoms with van der Waals surface area (Å²) in [6.07, 6.45) is 0.899. The molecule has 1 N–H and O–H groups in total. The van der Waals surface area contributed by atoms with Crippen molar-refractivity contribution in [3.05, 3.63) is 35.4 Å². The van der Waals surface area contributed by atoms with Crippen molar-refractivity contribution in [2.24, 2.45) is 0 Å². The highest BCUT2D eigenvalue weighted by Crippen LogP contribution is 2.18. The third-order valence-electron chi connectivity index (χ3n) is 3.70. The van der Waals surface area contributed by atoms with Gasteiger partial charge in [0.15, 0.2) is 0 Å². The molecule has 0 saturated carbocycles. The molecule has 1 rings (SSSR count). The van der Waals surface area contributed by atoms with Gasteiger partial charge in [0, 0.05) is 13.7 Å². The van der Waals surface area contributed by atoms with E-state index in [1.54, 1.807) is 7.11 Å². The van der Waals surface area contributed by atoms with Gasteiger partial charge in [-0.1, -0.05) is 31.2 Å². The molecule has 0 saturated heterocycles. The zero-order valence-electron chi connectivity index (χ0n) is 13.5. The first-order valence-electron chi connectivity index (χ1n) is 7.42. The van der Waals surface area contributed by atoms with Crippen molar-refractivity contribution in [2.45, 2.75) is 45.8 Å². The van der Waals surface area contributed by atoms with Crippen molar-refractivity contribution in [1.82, 2.24) is 5.32 Å². The molecule has 1 aromatic carbocycles.